The third-order valence-electron chi connectivity index (χ3n) is 2.13. The molecular weight excluding hydrogens is 204 g/mol. The molecular formula is C11H18N4O. The van der Waals surface area contributed by atoms with Gasteiger partial charge < -0.3 is 16.0 Å². The summed E-state index contributed by atoms with van der Waals surface area (Å²) in [6.07, 6.45) is 2.59. The molecule has 16 heavy (non-hydrogen) atoms. The van der Waals surface area contributed by atoms with Crippen LogP contribution in [0.15, 0.2) is 18.3 Å². The minimum atomic E-state index is -0.0191. The number of rotatable bonds is 5. The summed E-state index contributed by atoms with van der Waals surface area (Å²) < 4.78 is 0. The van der Waals surface area contributed by atoms with Crippen LogP contribution in [-0.2, 0) is 4.79 Å². The Morgan fingerprint density at radius 3 is 3.00 bits per heavy atom. The molecule has 3 N–H and O–H groups in total. The number of carbonyl (C=O) groups is 1. The van der Waals surface area contributed by atoms with Crippen molar-refractivity contribution >= 4 is 17.4 Å². The fraction of sp³-hybridized carbons (Fsp3) is 0.455. The molecule has 1 amide bonds. The maximum absolute atomic E-state index is 11.5. The molecule has 0 aliphatic rings. The monoisotopic (exact) mass is 222 g/mol. The fourth-order valence-electron chi connectivity index (χ4n) is 1.34. The lowest BCUT2D eigenvalue weighted by molar-refractivity contribution is -0.119. The van der Waals surface area contributed by atoms with Gasteiger partial charge in [0.25, 0.3) is 0 Å². The highest BCUT2D eigenvalue weighted by molar-refractivity contribution is 5.82. The summed E-state index contributed by atoms with van der Waals surface area (Å²) in [5.41, 5.74) is 6.34. The van der Waals surface area contributed by atoms with Crippen molar-refractivity contribution in [3.8, 4) is 0 Å². The number of nitrogens with zero attached hydrogens (tertiary/aromatic N) is 2. The first-order chi connectivity index (χ1) is 7.65. The van der Waals surface area contributed by atoms with Gasteiger partial charge in [-0.1, -0.05) is 6.92 Å². The molecule has 88 valence electrons. The zero-order valence-electron chi connectivity index (χ0n) is 9.73. The largest absolute Gasteiger partial charge is 0.396 e. The Labute approximate surface area is 95.7 Å². The van der Waals surface area contributed by atoms with Gasteiger partial charge in [-0.2, -0.15) is 0 Å². The molecule has 0 fully saturated rings. The number of nitrogen functional groups attached to an aromatic ring is 1. The lowest BCUT2D eigenvalue weighted by Gasteiger charge is -2.18. The van der Waals surface area contributed by atoms with Crippen molar-refractivity contribution in [1.29, 1.82) is 0 Å². The van der Waals surface area contributed by atoms with Crippen LogP contribution in [0.25, 0.3) is 0 Å². The molecule has 0 saturated carbocycles. The summed E-state index contributed by atoms with van der Waals surface area (Å²) in [4.78, 5) is 17.3. The SMILES string of the molecule is CCCNC(=O)CN(C)c1ncccc1N. The lowest BCUT2D eigenvalue weighted by atomic mass is 10.3. The van der Waals surface area contributed by atoms with Gasteiger partial charge in [-0.25, -0.2) is 4.98 Å². The highest BCUT2D eigenvalue weighted by atomic mass is 16.2. The van der Waals surface area contributed by atoms with Crippen LogP contribution in [0.4, 0.5) is 11.5 Å². The minimum absolute atomic E-state index is 0.0191. The molecule has 0 bridgehead atoms. The van der Waals surface area contributed by atoms with Crippen LogP contribution >= 0.6 is 0 Å². The Hall–Kier alpha value is -1.78. The van der Waals surface area contributed by atoms with Gasteiger partial charge in [0, 0.05) is 19.8 Å². The van der Waals surface area contributed by atoms with Crippen molar-refractivity contribution in [3.05, 3.63) is 18.3 Å². The maximum atomic E-state index is 11.5. The van der Waals surface area contributed by atoms with Crippen LogP contribution in [0.1, 0.15) is 13.3 Å². The molecule has 0 unspecified atom stereocenters. The first kappa shape index (κ1) is 12.3. The van der Waals surface area contributed by atoms with E-state index in [0.717, 1.165) is 6.42 Å². The first-order valence-electron chi connectivity index (χ1n) is 5.33. The lowest BCUT2D eigenvalue weighted by Crippen LogP contribution is -2.36. The highest BCUT2D eigenvalue weighted by Gasteiger charge is 2.09. The van der Waals surface area contributed by atoms with Crippen LogP contribution in [0.3, 0.4) is 0 Å². The number of amides is 1. The Bertz CT molecular complexity index is 354. The van der Waals surface area contributed by atoms with Gasteiger partial charge in [0.15, 0.2) is 5.82 Å². The van der Waals surface area contributed by atoms with E-state index in [2.05, 4.69) is 10.3 Å². The van der Waals surface area contributed by atoms with E-state index in [1.54, 1.807) is 30.3 Å². The number of carbonyl (C=O) groups excluding carboxylic acids is 1. The molecule has 1 rings (SSSR count). The first-order valence-corrected chi connectivity index (χ1v) is 5.33. The minimum Gasteiger partial charge on any atom is -0.396 e. The Kier molecular flexibility index (Phi) is 4.57. The Balaban J connectivity index is 2.55. The molecule has 5 heteroatoms. The number of nitrogens with two attached hydrogens (primary N) is 1. The van der Waals surface area contributed by atoms with Gasteiger partial charge in [-0.3, -0.25) is 4.79 Å². The van der Waals surface area contributed by atoms with Gasteiger partial charge in [-0.15, -0.1) is 0 Å². The zero-order chi connectivity index (χ0) is 12.0. The topological polar surface area (TPSA) is 71.2 Å². The summed E-state index contributed by atoms with van der Waals surface area (Å²) in [6.45, 7) is 2.98. The van der Waals surface area contributed by atoms with E-state index in [-0.39, 0.29) is 12.5 Å². The fourth-order valence-corrected chi connectivity index (χ4v) is 1.34. The van der Waals surface area contributed by atoms with E-state index >= 15 is 0 Å². The number of hydrogen-bond donors (Lipinski definition) is 2. The Morgan fingerprint density at radius 2 is 2.38 bits per heavy atom. The average Bonchev–Trinajstić information content (AvgIpc) is 2.26. The number of nitrogens with one attached hydrogen (secondary N) is 1. The molecule has 0 spiro atoms. The van der Waals surface area contributed by atoms with Crippen molar-refractivity contribution in [1.82, 2.24) is 10.3 Å². The van der Waals surface area contributed by atoms with Crippen molar-refractivity contribution in [3.63, 3.8) is 0 Å². The second-order valence-electron chi connectivity index (χ2n) is 3.62. The van der Waals surface area contributed by atoms with Crippen molar-refractivity contribution in [2.24, 2.45) is 0 Å². The normalized spacial score (nSPS) is 9.88. The van der Waals surface area contributed by atoms with Crippen molar-refractivity contribution < 1.29 is 4.79 Å². The van der Waals surface area contributed by atoms with Gasteiger partial charge >= 0.3 is 0 Å². The molecule has 5 nitrogen and oxygen atoms in total. The maximum Gasteiger partial charge on any atom is 0.239 e. The van der Waals surface area contributed by atoms with E-state index in [1.807, 2.05) is 6.92 Å². The molecule has 1 aromatic heterocycles. The van der Waals surface area contributed by atoms with Gasteiger partial charge in [0.2, 0.25) is 5.91 Å². The van der Waals surface area contributed by atoms with E-state index in [0.29, 0.717) is 18.1 Å². The van der Waals surface area contributed by atoms with Crippen molar-refractivity contribution in [2.75, 3.05) is 30.8 Å². The summed E-state index contributed by atoms with van der Waals surface area (Å²) in [6, 6.07) is 3.53. The Morgan fingerprint density at radius 1 is 1.62 bits per heavy atom. The average molecular weight is 222 g/mol. The summed E-state index contributed by atoms with van der Waals surface area (Å²) in [5.74, 6) is 0.614. The van der Waals surface area contributed by atoms with Crippen LogP contribution in [0.2, 0.25) is 0 Å². The zero-order valence-corrected chi connectivity index (χ0v) is 9.73. The van der Waals surface area contributed by atoms with E-state index < -0.39 is 0 Å². The summed E-state index contributed by atoms with van der Waals surface area (Å²) in [7, 11) is 1.80. The van der Waals surface area contributed by atoms with Crippen molar-refractivity contribution in [2.45, 2.75) is 13.3 Å². The summed E-state index contributed by atoms with van der Waals surface area (Å²) >= 11 is 0. The molecule has 1 heterocycles. The quantitative estimate of drug-likeness (QED) is 0.766. The van der Waals surface area contributed by atoms with E-state index in [9.17, 15) is 4.79 Å². The molecule has 0 saturated heterocycles. The van der Waals surface area contributed by atoms with Gasteiger partial charge in [0.1, 0.15) is 0 Å². The summed E-state index contributed by atoms with van der Waals surface area (Å²) in [5, 5.41) is 2.80. The molecule has 0 radical (unpaired) electrons. The van der Waals surface area contributed by atoms with E-state index in [1.165, 1.54) is 0 Å². The molecule has 0 atom stereocenters. The highest BCUT2D eigenvalue weighted by Crippen LogP contribution is 2.16. The third-order valence-corrected chi connectivity index (χ3v) is 2.13. The number of anilines is 2. The molecule has 0 aliphatic heterocycles. The molecule has 1 aromatic rings. The van der Waals surface area contributed by atoms with Crippen LogP contribution in [0.5, 0.6) is 0 Å². The standard InChI is InChI=1S/C11H18N4O/c1-3-6-13-10(16)8-15(2)11-9(12)5-4-7-14-11/h4-5,7H,3,6,8,12H2,1-2H3,(H,13,16). The second kappa shape index (κ2) is 5.95. The van der Waals surface area contributed by atoms with Gasteiger partial charge in [0.05, 0.1) is 12.2 Å². The molecule has 0 aromatic carbocycles. The smallest absolute Gasteiger partial charge is 0.239 e. The van der Waals surface area contributed by atoms with Crippen LogP contribution in [0, 0.1) is 0 Å². The second-order valence-corrected chi connectivity index (χ2v) is 3.62. The third kappa shape index (κ3) is 3.42. The molecule has 0 aliphatic carbocycles. The number of pyridine rings is 1. The predicted octanol–water partition coefficient (Wildman–Crippen LogP) is 0.626. The van der Waals surface area contributed by atoms with E-state index in [4.69, 9.17) is 5.73 Å². The van der Waals surface area contributed by atoms with Gasteiger partial charge in [-0.05, 0) is 18.6 Å². The van der Waals surface area contributed by atoms with Crippen LogP contribution < -0.4 is 16.0 Å². The predicted molar refractivity (Wildman–Crippen MR) is 65.2 cm³/mol. The number of aromatic nitrogens is 1. The number of likely N-dealkylation sites (N-methyl/N-ethyl adjacent to an activating group) is 1. The van der Waals surface area contributed by atoms with Crippen LogP contribution in [-0.4, -0.2) is 31.0 Å². The number of hydrogen-bond acceptors (Lipinski definition) is 4.